The number of benzene rings is 2. The van der Waals surface area contributed by atoms with Crippen LogP contribution in [0.4, 0.5) is 5.69 Å². The van der Waals surface area contributed by atoms with Gasteiger partial charge in [0.25, 0.3) is 0 Å². The summed E-state index contributed by atoms with van der Waals surface area (Å²) in [4.78, 5) is 4.47. The number of fused-ring (bicyclic) bond motifs is 1. The summed E-state index contributed by atoms with van der Waals surface area (Å²) < 4.78 is 11.2. The normalized spacial score (nSPS) is 10.7. The number of halogens is 1. The fourth-order valence-electron chi connectivity index (χ4n) is 2.45. The first kappa shape index (κ1) is 15.4. The summed E-state index contributed by atoms with van der Waals surface area (Å²) in [6, 6.07) is 13.2. The van der Waals surface area contributed by atoms with E-state index in [1.807, 2.05) is 37.3 Å². The van der Waals surface area contributed by atoms with Gasteiger partial charge in [-0.1, -0.05) is 17.7 Å². The third kappa shape index (κ3) is 3.17. The molecule has 1 heterocycles. The van der Waals surface area contributed by atoms with Gasteiger partial charge in [-0.15, -0.1) is 0 Å². The van der Waals surface area contributed by atoms with E-state index in [1.54, 1.807) is 19.2 Å². The molecule has 0 radical (unpaired) electrons. The minimum Gasteiger partial charge on any atom is -0.494 e. The second-order valence-electron chi connectivity index (χ2n) is 5.24. The van der Waals surface area contributed by atoms with Crippen LogP contribution in [0.1, 0.15) is 11.3 Å². The molecule has 0 spiro atoms. The van der Waals surface area contributed by atoms with Crippen molar-refractivity contribution in [2.45, 2.75) is 13.5 Å². The first-order chi connectivity index (χ1) is 11.1. The van der Waals surface area contributed by atoms with E-state index in [0.29, 0.717) is 16.5 Å². The zero-order valence-electron chi connectivity index (χ0n) is 13.0. The molecule has 0 unspecified atom stereocenters. The van der Waals surface area contributed by atoms with Crippen LogP contribution in [0.2, 0.25) is 5.02 Å². The second kappa shape index (κ2) is 6.34. The maximum Gasteiger partial charge on any atom is 0.149 e. The predicted octanol–water partition coefficient (Wildman–Crippen LogP) is 4.37. The van der Waals surface area contributed by atoms with Gasteiger partial charge in [-0.25, -0.2) is 0 Å². The van der Waals surface area contributed by atoms with E-state index in [4.69, 9.17) is 26.8 Å². The van der Waals surface area contributed by atoms with Crippen molar-refractivity contribution in [2.75, 3.05) is 12.8 Å². The van der Waals surface area contributed by atoms with Crippen LogP contribution in [-0.2, 0) is 6.61 Å². The summed E-state index contributed by atoms with van der Waals surface area (Å²) in [5, 5.41) is 1.59. The lowest BCUT2D eigenvalue weighted by atomic mass is 10.1. The van der Waals surface area contributed by atoms with Crippen molar-refractivity contribution in [3.8, 4) is 11.5 Å². The molecule has 0 aliphatic heterocycles. The largest absolute Gasteiger partial charge is 0.494 e. The Morgan fingerprint density at radius 2 is 1.96 bits per heavy atom. The number of ether oxygens (including phenoxy) is 2. The number of methoxy groups -OCH3 is 1. The summed E-state index contributed by atoms with van der Waals surface area (Å²) in [6.07, 6.45) is 0. The highest BCUT2D eigenvalue weighted by Crippen LogP contribution is 2.33. The molecular formula is C18H17ClN2O2. The van der Waals surface area contributed by atoms with Gasteiger partial charge in [0.05, 0.1) is 28.9 Å². The minimum atomic E-state index is 0.276. The molecule has 3 aromatic rings. The van der Waals surface area contributed by atoms with Crippen LogP contribution in [-0.4, -0.2) is 12.1 Å². The molecule has 0 amide bonds. The van der Waals surface area contributed by atoms with Gasteiger partial charge in [-0.05, 0) is 43.3 Å². The van der Waals surface area contributed by atoms with Crippen LogP contribution in [0.5, 0.6) is 11.5 Å². The van der Waals surface area contributed by atoms with Crippen LogP contribution in [0, 0.1) is 6.92 Å². The molecule has 0 aliphatic rings. The Kier molecular flexibility index (Phi) is 4.26. The highest BCUT2D eigenvalue weighted by molar-refractivity contribution is 6.31. The molecular weight excluding hydrogens is 312 g/mol. The van der Waals surface area contributed by atoms with E-state index in [9.17, 15) is 0 Å². The summed E-state index contributed by atoms with van der Waals surface area (Å²) in [5.74, 6) is 1.29. The molecule has 0 aliphatic carbocycles. The van der Waals surface area contributed by atoms with Crippen molar-refractivity contribution in [3.63, 3.8) is 0 Å². The summed E-state index contributed by atoms with van der Waals surface area (Å²) in [6.45, 7) is 2.25. The van der Waals surface area contributed by atoms with Crippen molar-refractivity contribution >= 4 is 28.2 Å². The SMILES string of the molecule is COc1c(N)ccc(Cl)c1COc1ccc2nc(C)ccc2c1. The van der Waals surface area contributed by atoms with Gasteiger partial charge in [0.1, 0.15) is 18.1 Å². The first-order valence-corrected chi connectivity index (χ1v) is 7.57. The Labute approximate surface area is 139 Å². The van der Waals surface area contributed by atoms with E-state index in [0.717, 1.165) is 27.9 Å². The number of nitrogens with two attached hydrogens (primary N) is 1. The lowest BCUT2D eigenvalue weighted by Crippen LogP contribution is -2.02. The molecule has 0 bridgehead atoms. The Morgan fingerprint density at radius 3 is 2.74 bits per heavy atom. The summed E-state index contributed by atoms with van der Waals surface area (Å²) in [7, 11) is 1.57. The fraction of sp³-hybridized carbons (Fsp3) is 0.167. The number of nitrogen functional groups attached to an aromatic ring is 1. The Hall–Kier alpha value is -2.46. The first-order valence-electron chi connectivity index (χ1n) is 7.19. The number of aryl methyl sites for hydroxylation is 1. The molecule has 3 rings (SSSR count). The highest BCUT2D eigenvalue weighted by Gasteiger charge is 2.12. The number of nitrogens with zero attached hydrogens (tertiary/aromatic N) is 1. The van der Waals surface area contributed by atoms with Gasteiger partial charge in [0, 0.05) is 11.1 Å². The molecule has 4 nitrogen and oxygen atoms in total. The lowest BCUT2D eigenvalue weighted by Gasteiger charge is -2.14. The number of hydrogen-bond donors (Lipinski definition) is 1. The van der Waals surface area contributed by atoms with Crippen molar-refractivity contribution in [1.82, 2.24) is 4.98 Å². The van der Waals surface area contributed by atoms with Gasteiger partial charge in [0.15, 0.2) is 0 Å². The molecule has 0 saturated carbocycles. The summed E-state index contributed by atoms with van der Waals surface area (Å²) >= 11 is 6.23. The average Bonchev–Trinajstić information content (AvgIpc) is 2.55. The van der Waals surface area contributed by atoms with Gasteiger partial charge >= 0.3 is 0 Å². The predicted molar refractivity (Wildman–Crippen MR) is 93.2 cm³/mol. The summed E-state index contributed by atoms with van der Waals surface area (Å²) in [5.41, 5.74) is 9.11. The van der Waals surface area contributed by atoms with Crippen molar-refractivity contribution < 1.29 is 9.47 Å². The van der Waals surface area contributed by atoms with Gasteiger partial charge in [-0.3, -0.25) is 4.98 Å². The van der Waals surface area contributed by atoms with Crippen LogP contribution in [0.25, 0.3) is 10.9 Å². The molecule has 2 N–H and O–H groups in total. The monoisotopic (exact) mass is 328 g/mol. The highest BCUT2D eigenvalue weighted by atomic mass is 35.5. The number of aromatic nitrogens is 1. The van der Waals surface area contributed by atoms with Crippen LogP contribution >= 0.6 is 11.6 Å². The van der Waals surface area contributed by atoms with Gasteiger partial charge in [-0.2, -0.15) is 0 Å². The van der Waals surface area contributed by atoms with Crippen molar-refractivity contribution in [3.05, 3.63) is 58.7 Å². The topological polar surface area (TPSA) is 57.4 Å². The van der Waals surface area contributed by atoms with Crippen molar-refractivity contribution in [1.29, 1.82) is 0 Å². The van der Waals surface area contributed by atoms with E-state index in [-0.39, 0.29) is 6.61 Å². The molecule has 2 aromatic carbocycles. The standard InChI is InChI=1S/C18H17ClN2O2/c1-11-3-4-12-9-13(5-8-17(12)21-11)23-10-14-15(19)6-7-16(20)18(14)22-2/h3-9H,10,20H2,1-2H3. The number of pyridine rings is 1. The second-order valence-corrected chi connectivity index (χ2v) is 5.65. The molecule has 23 heavy (non-hydrogen) atoms. The Balaban J connectivity index is 1.86. The zero-order valence-corrected chi connectivity index (χ0v) is 13.7. The van der Waals surface area contributed by atoms with E-state index in [1.165, 1.54) is 0 Å². The third-order valence-electron chi connectivity index (χ3n) is 3.62. The number of rotatable bonds is 4. The van der Waals surface area contributed by atoms with E-state index >= 15 is 0 Å². The maximum absolute atomic E-state index is 6.23. The average molecular weight is 329 g/mol. The lowest BCUT2D eigenvalue weighted by molar-refractivity contribution is 0.297. The van der Waals surface area contributed by atoms with Crippen molar-refractivity contribution in [2.24, 2.45) is 0 Å². The van der Waals surface area contributed by atoms with E-state index in [2.05, 4.69) is 4.98 Å². The molecule has 5 heteroatoms. The number of anilines is 1. The van der Waals surface area contributed by atoms with Gasteiger partial charge < -0.3 is 15.2 Å². The Morgan fingerprint density at radius 1 is 1.13 bits per heavy atom. The molecule has 118 valence electrons. The third-order valence-corrected chi connectivity index (χ3v) is 3.98. The van der Waals surface area contributed by atoms with Crippen LogP contribution in [0.3, 0.4) is 0 Å². The quantitative estimate of drug-likeness (QED) is 0.723. The molecule has 1 aromatic heterocycles. The van der Waals surface area contributed by atoms with E-state index < -0.39 is 0 Å². The molecule has 0 fully saturated rings. The maximum atomic E-state index is 6.23. The smallest absolute Gasteiger partial charge is 0.149 e. The van der Waals surface area contributed by atoms with Gasteiger partial charge in [0.2, 0.25) is 0 Å². The molecule has 0 saturated heterocycles. The Bertz CT molecular complexity index is 865. The zero-order chi connectivity index (χ0) is 16.4. The minimum absolute atomic E-state index is 0.276. The van der Waals surface area contributed by atoms with Crippen LogP contribution < -0.4 is 15.2 Å². The molecule has 0 atom stereocenters. The fourth-order valence-corrected chi connectivity index (χ4v) is 2.65. The number of hydrogen-bond acceptors (Lipinski definition) is 4. The van der Waals surface area contributed by atoms with Crippen LogP contribution in [0.15, 0.2) is 42.5 Å².